The van der Waals surface area contributed by atoms with Crippen molar-refractivity contribution >= 4 is 64.6 Å². The van der Waals surface area contributed by atoms with Crippen molar-refractivity contribution in [3.63, 3.8) is 0 Å². The van der Waals surface area contributed by atoms with Gasteiger partial charge >= 0.3 is 0 Å². The normalized spacial score (nSPS) is 10.1. The van der Waals surface area contributed by atoms with E-state index >= 15 is 8.78 Å². The summed E-state index contributed by atoms with van der Waals surface area (Å²) < 4.78 is 32.0. The maximum absolute atomic E-state index is 16.0. The third-order valence-corrected chi connectivity index (χ3v) is 9.81. The molecular weight excluding hydrogens is 759 g/mol. The van der Waals surface area contributed by atoms with E-state index in [9.17, 15) is 0 Å². The van der Waals surface area contributed by atoms with Crippen LogP contribution in [0.15, 0.2) is 133 Å². The lowest BCUT2D eigenvalue weighted by Gasteiger charge is -2.01. The molecule has 4 aliphatic carbocycles. The van der Waals surface area contributed by atoms with Crippen molar-refractivity contribution in [2.45, 2.75) is 13.8 Å². The van der Waals surface area contributed by atoms with Crippen molar-refractivity contribution in [2.75, 3.05) is 0 Å². The van der Waals surface area contributed by atoms with Crippen LogP contribution in [0.3, 0.4) is 0 Å². The van der Waals surface area contributed by atoms with Crippen molar-refractivity contribution in [2.24, 2.45) is 0 Å². The lowest BCUT2D eigenvalue weighted by molar-refractivity contribution is 0.504. The molecule has 0 aromatic heterocycles. The molecule has 0 unspecified atom stereocenters. The van der Waals surface area contributed by atoms with E-state index in [1.807, 2.05) is 135 Å². The minimum Gasteiger partial charge on any atom is -0.202 e. The maximum atomic E-state index is 16.0. The Morgan fingerprint density at radius 3 is 0.790 bits per heavy atom. The molecule has 7 aromatic rings. The molecule has 0 atom stereocenters. The van der Waals surface area contributed by atoms with Gasteiger partial charge in [-0.15, -0.1) is 0 Å². The fourth-order valence-corrected chi connectivity index (χ4v) is 6.78. The van der Waals surface area contributed by atoms with Gasteiger partial charge in [0.15, 0.2) is 11.6 Å². The highest BCUT2D eigenvalue weighted by atomic mass is 19.2. The zero-order chi connectivity index (χ0) is 42.4. The number of hydrogen-bond donors (Lipinski definition) is 0. The number of hydrogen-bond acceptors (Lipinski definition) is 0. The summed E-state index contributed by atoms with van der Waals surface area (Å²) in [5.74, 6) is 9.79. The molecule has 0 amide bonds. The van der Waals surface area contributed by atoms with E-state index in [0.29, 0.717) is 32.7 Å². The van der Waals surface area contributed by atoms with Gasteiger partial charge in [-0.3, -0.25) is 0 Å². The highest BCUT2D eigenvalue weighted by Gasteiger charge is 2.12. The molecule has 0 fully saturated rings. The van der Waals surface area contributed by atoms with E-state index in [0.717, 1.165) is 54.2 Å². The zero-order valence-corrected chi connectivity index (χ0v) is 33.5. The lowest BCUT2D eigenvalue weighted by Crippen LogP contribution is -1.94. The molecule has 4 aliphatic rings. The predicted octanol–water partition coefficient (Wildman–Crippen LogP) is 13.3. The van der Waals surface area contributed by atoms with Crippen LogP contribution in [-0.4, -0.2) is 0 Å². The van der Waals surface area contributed by atoms with Crippen LogP contribution in [0, 0.1) is 122 Å². The first-order valence-corrected chi connectivity index (χ1v) is 19.6. The number of benzene rings is 7. The molecule has 0 radical (unpaired) electrons. The van der Waals surface area contributed by atoms with Crippen molar-refractivity contribution in [3.05, 3.63) is 251 Å². The smallest absolute Gasteiger partial charge is 0.175 e. The lowest BCUT2D eigenvalue weighted by atomic mass is 10.0. The largest absolute Gasteiger partial charge is 0.202 e. The molecule has 0 spiro atoms. The fraction of sp³-hybridized carbons (Fsp3) is 0.0333. The van der Waals surface area contributed by atoms with Gasteiger partial charge in [-0.05, 0) is 134 Å². The maximum Gasteiger partial charge on any atom is 0.175 e. The van der Waals surface area contributed by atoms with Crippen LogP contribution in [0.4, 0.5) is 8.78 Å². The van der Waals surface area contributed by atoms with E-state index in [1.165, 1.54) is 12.1 Å². The second-order valence-corrected chi connectivity index (χ2v) is 14.6. The Morgan fingerprint density at radius 1 is 0.290 bits per heavy atom. The van der Waals surface area contributed by atoms with Crippen LogP contribution in [-0.2, 0) is 0 Å². The molecular formula is C60H28F2. The molecule has 0 aliphatic heterocycles. The van der Waals surface area contributed by atoms with E-state index < -0.39 is 11.6 Å². The highest BCUT2D eigenvalue weighted by molar-refractivity contribution is 5.83. The molecule has 0 heterocycles. The molecule has 12 bridgehead atoms. The standard InChI is InChI=1S/C60H28F2/c1-41-33-53-23-19-47-11-3-7-43(37-47)15-17-45-9-5-13-49(39-45)21-25-55-35-42(2)36-56-26-22-50-14-6-10-46(40-50)18-16-44-8-4-12-48(38-44)20-24-54(34-41)57(53)31-29-51-27-28-52(30-32-58(55)56)60(62)59(51)61/h3-14,27-28,33-40H,1-2H3. The summed E-state index contributed by atoms with van der Waals surface area (Å²) >= 11 is 0. The minimum absolute atomic E-state index is 0.134. The van der Waals surface area contributed by atoms with Gasteiger partial charge in [-0.25, -0.2) is 8.78 Å². The van der Waals surface area contributed by atoms with Gasteiger partial charge in [-0.1, -0.05) is 121 Å². The summed E-state index contributed by atoms with van der Waals surface area (Å²) in [6, 6.07) is 80.6. The molecule has 0 nitrogen and oxygen atoms in total. The molecule has 282 valence electrons. The van der Waals surface area contributed by atoms with Gasteiger partial charge in [0.2, 0.25) is 0 Å². The van der Waals surface area contributed by atoms with E-state index in [1.54, 1.807) is 0 Å². The third-order valence-electron chi connectivity index (χ3n) is 9.81. The summed E-state index contributed by atoms with van der Waals surface area (Å²) in [4.78, 5) is 0. The van der Waals surface area contributed by atoms with Crippen molar-refractivity contribution in [1.29, 1.82) is 0 Å². The van der Waals surface area contributed by atoms with Crippen LogP contribution in [0.1, 0.15) is 33.4 Å². The predicted molar refractivity (Wildman–Crippen MR) is 245 cm³/mol. The first-order chi connectivity index (χ1) is 30.3. The molecule has 11 rings (SSSR count). The second-order valence-electron chi connectivity index (χ2n) is 14.6. The third kappa shape index (κ3) is 8.81. The van der Waals surface area contributed by atoms with Crippen LogP contribution in [0.25, 0.3) is 64.6 Å². The van der Waals surface area contributed by atoms with Gasteiger partial charge < -0.3 is 0 Å². The Bertz CT molecular complexity index is 3170. The topological polar surface area (TPSA) is 0 Å². The molecule has 0 N–H and O–H groups in total. The van der Waals surface area contributed by atoms with Crippen LogP contribution in [0.2, 0.25) is 0 Å². The van der Waals surface area contributed by atoms with Crippen LogP contribution >= 0.6 is 0 Å². The molecule has 7 aromatic carbocycles. The summed E-state index contributed by atoms with van der Waals surface area (Å²) in [5.41, 5.74) is 2.51. The number of rotatable bonds is 0. The number of halogens is 2. The van der Waals surface area contributed by atoms with Gasteiger partial charge in [0.25, 0.3) is 0 Å². The van der Waals surface area contributed by atoms with E-state index in [-0.39, 0.29) is 11.1 Å². The Balaban J connectivity index is 1.44. The first-order valence-electron chi connectivity index (χ1n) is 19.6. The molecule has 0 saturated heterocycles. The average Bonchev–Trinajstić information content (AvgIpc) is 3.28. The van der Waals surface area contributed by atoms with Gasteiger partial charge in [0.05, 0.1) is 22.3 Å². The Labute approximate surface area is 360 Å². The first kappa shape index (κ1) is 38.4. The van der Waals surface area contributed by atoms with Crippen LogP contribution < -0.4 is 0 Å². The number of aryl methyl sites for hydroxylation is 2. The summed E-state index contributed by atoms with van der Waals surface area (Å²) in [5, 5.41) is 8.47. The van der Waals surface area contributed by atoms with Gasteiger partial charge in [0, 0.05) is 64.6 Å². The SMILES string of the molecule is Cc1cc2c#cc3cccc(c#cc4cccc(c#cc5cc(C)cc6c#cc7cccc(c#cc8cccc(c#cc(c1)c2C#Cc1ccc(c(F)c1F)C#Cc56)c8)c7)c4)c3. The average molecular weight is 787 g/mol. The second kappa shape index (κ2) is 17.0. The van der Waals surface area contributed by atoms with E-state index in [2.05, 4.69) is 96.5 Å². The quantitative estimate of drug-likeness (QED) is 0.134. The Kier molecular flexibility index (Phi) is 10.5. The zero-order valence-electron chi connectivity index (χ0n) is 33.5. The summed E-state index contributed by atoms with van der Waals surface area (Å²) in [6.07, 6.45) is 0. The Morgan fingerprint density at radius 2 is 0.532 bits per heavy atom. The van der Waals surface area contributed by atoms with Gasteiger partial charge in [-0.2, -0.15) is 0 Å². The van der Waals surface area contributed by atoms with Crippen molar-refractivity contribution < 1.29 is 8.78 Å². The highest BCUT2D eigenvalue weighted by Crippen LogP contribution is 2.21. The fourth-order valence-electron chi connectivity index (χ4n) is 6.78. The summed E-state index contributed by atoms with van der Waals surface area (Å²) in [6.45, 7) is 3.91. The monoisotopic (exact) mass is 786 g/mol. The van der Waals surface area contributed by atoms with Crippen molar-refractivity contribution in [1.82, 2.24) is 0 Å². The molecule has 2 heteroatoms. The van der Waals surface area contributed by atoms with Crippen LogP contribution in [0.5, 0.6) is 0 Å². The summed E-state index contributed by atoms with van der Waals surface area (Å²) in [7, 11) is 0. The van der Waals surface area contributed by atoms with Gasteiger partial charge in [0.1, 0.15) is 0 Å². The van der Waals surface area contributed by atoms with Crippen molar-refractivity contribution in [3.8, 4) is 23.7 Å². The molecule has 0 saturated carbocycles. The minimum atomic E-state index is -1.11. The van der Waals surface area contributed by atoms with E-state index in [4.69, 9.17) is 0 Å². The Hall–Kier alpha value is -9.12. The molecule has 62 heavy (non-hydrogen) atoms.